The van der Waals surface area contributed by atoms with Gasteiger partial charge in [-0.2, -0.15) is 13.7 Å². The molecule has 2 fully saturated rings. The molecule has 28 heavy (non-hydrogen) atoms. The van der Waals surface area contributed by atoms with Crippen LogP contribution in [0.25, 0.3) is 0 Å². The number of allylic oxidation sites excluding steroid dienone is 1. The fourth-order valence-electron chi connectivity index (χ4n) is 3.21. The summed E-state index contributed by atoms with van der Waals surface area (Å²) < 4.78 is 46.5. The van der Waals surface area contributed by atoms with Crippen LogP contribution in [0, 0.1) is 17.1 Å². The zero-order valence-electron chi connectivity index (χ0n) is 15.3. The lowest BCUT2D eigenvalue weighted by Crippen LogP contribution is -2.31. The first kappa shape index (κ1) is 20.1. The van der Waals surface area contributed by atoms with Crippen molar-refractivity contribution in [2.45, 2.75) is 18.9 Å². The number of hydrogen-bond donors (Lipinski definition) is 0. The highest BCUT2D eigenvalue weighted by molar-refractivity contribution is 7.85. The van der Waals surface area contributed by atoms with Crippen molar-refractivity contribution in [3.63, 3.8) is 0 Å². The van der Waals surface area contributed by atoms with Crippen molar-refractivity contribution >= 4 is 27.6 Å². The molecule has 2 heterocycles. The first-order chi connectivity index (χ1) is 13.3. The van der Waals surface area contributed by atoms with Crippen LogP contribution in [0.5, 0.6) is 0 Å². The molecule has 0 spiro atoms. The second-order valence-electron chi connectivity index (χ2n) is 6.66. The molecule has 0 saturated carbocycles. The van der Waals surface area contributed by atoms with Crippen LogP contribution in [-0.4, -0.2) is 53.1 Å². The predicted octanol–water partition coefficient (Wildman–Crippen LogP) is 2.18. The number of cyclic esters (lactones) is 1. The maximum absolute atomic E-state index is 14.7. The van der Waals surface area contributed by atoms with Crippen molar-refractivity contribution in [2.24, 2.45) is 0 Å². The van der Waals surface area contributed by atoms with E-state index < -0.39 is 28.1 Å². The fraction of sp³-hybridized carbons (Fsp3) is 0.444. The first-order valence-corrected chi connectivity index (χ1v) is 10.5. The lowest BCUT2D eigenvalue weighted by atomic mass is 10.0. The van der Waals surface area contributed by atoms with E-state index in [2.05, 4.69) is 4.18 Å². The molecule has 0 radical (unpaired) electrons. The second kappa shape index (κ2) is 8.16. The van der Waals surface area contributed by atoms with Gasteiger partial charge in [-0.3, -0.25) is 9.08 Å². The SMILES string of the molecule is CS(=O)(=O)OC[C@H]1CN(c2ccc(N3CCC(=CC#N)CC3)c(F)c2)C(=O)O1. The van der Waals surface area contributed by atoms with Gasteiger partial charge in [0.25, 0.3) is 10.1 Å². The third-order valence-corrected chi connectivity index (χ3v) is 5.16. The number of nitrogens with zero attached hydrogens (tertiary/aromatic N) is 3. The molecule has 1 amide bonds. The van der Waals surface area contributed by atoms with Gasteiger partial charge >= 0.3 is 6.09 Å². The summed E-state index contributed by atoms with van der Waals surface area (Å²) in [4.78, 5) is 15.2. The highest BCUT2D eigenvalue weighted by Gasteiger charge is 2.33. The molecular weight excluding hydrogens is 389 g/mol. The molecule has 8 nitrogen and oxygen atoms in total. The average Bonchev–Trinajstić information content (AvgIpc) is 3.01. The monoisotopic (exact) mass is 409 g/mol. The normalized spacial score (nSPS) is 20.1. The van der Waals surface area contributed by atoms with E-state index in [-0.39, 0.29) is 13.2 Å². The summed E-state index contributed by atoms with van der Waals surface area (Å²) in [6.07, 6.45) is 2.43. The number of rotatable bonds is 5. The van der Waals surface area contributed by atoms with Gasteiger partial charge in [0.15, 0.2) is 0 Å². The summed E-state index contributed by atoms with van der Waals surface area (Å²) in [6, 6.07) is 6.52. The number of piperidine rings is 1. The van der Waals surface area contributed by atoms with E-state index in [0.717, 1.165) is 11.8 Å². The zero-order valence-corrected chi connectivity index (χ0v) is 16.1. The highest BCUT2D eigenvalue weighted by Crippen LogP contribution is 2.30. The van der Waals surface area contributed by atoms with Gasteiger partial charge in [0.2, 0.25) is 0 Å². The van der Waals surface area contributed by atoms with E-state index in [1.54, 1.807) is 18.2 Å². The van der Waals surface area contributed by atoms with Gasteiger partial charge in [0, 0.05) is 19.2 Å². The number of ether oxygens (including phenoxy) is 1. The third-order valence-electron chi connectivity index (χ3n) is 4.60. The molecule has 10 heteroatoms. The molecule has 0 aliphatic carbocycles. The van der Waals surface area contributed by atoms with Gasteiger partial charge in [-0.15, -0.1) is 0 Å². The smallest absolute Gasteiger partial charge is 0.414 e. The van der Waals surface area contributed by atoms with Crippen LogP contribution in [0.4, 0.5) is 20.6 Å². The number of hydrogen-bond acceptors (Lipinski definition) is 7. The molecule has 0 unspecified atom stereocenters. The van der Waals surface area contributed by atoms with E-state index in [0.29, 0.717) is 37.3 Å². The standard InChI is InChI=1S/C18H20FN3O5S/c1-28(24,25)26-12-15-11-22(18(23)27-15)14-2-3-17(16(19)10-14)21-8-5-13(4-7-20)6-9-21/h2-4,10,15H,5-6,8-9,11-12H2,1H3/t15-/m1/s1. The van der Waals surface area contributed by atoms with Crippen molar-refractivity contribution in [3.05, 3.63) is 35.7 Å². The van der Waals surface area contributed by atoms with E-state index >= 15 is 0 Å². The number of benzene rings is 1. The number of anilines is 2. The van der Waals surface area contributed by atoms with Gasteiger partial charge in [0.05, 0.1) is 30.2 Å². The first-order valence-electron chi connectivity index (χ1n) is 8.71. The topological polar surface area (TPSA) is 99.9 Å². The Morgan fingerprint density at radius 2 is 2.11 bits per heavy atom. The minimum absolute atomic E-state index is 0.0686. The van der Waals surface area contributed by atoms with E-state index in [1.165, 1.54) is 11.0 Å². The van der Waals surface area contributed by atoms with Crippen molar-refractivity contribution in [3.8, 4) is 6.07 Å². The molecule has 0 N–H and O–H groups in total. The summed E-state index contributed by atoms with van der Waals surface area (Å²) >= 11 is 0. The van der Waals surface area contributed by atoms with E-state index in [1.807, 2.05) is 11.0 Å². The van der Waals surface area contributed by atoms with Crippen LogP contribution in [-0.2, 0) is 19.0 Å². The summed E-state index contributed by atoms with van der Waals surface area (Å²) in [5, 5.41) is 8.71. The minimum atomic E-state index is -3.64. The average molecular weight is 409 g/mol. The Morgan fingerprint density at radius 1 is 1.39 bits per heavy atom. The second-order valence-corrected chi connectivity index (χ2v) is 8.30. The molecule has 1 atom stereocenters. The molecule has 1 aromatic carbocycles. The highest BCUT2D eigenvalue weighted by atomic mass is 32.2. The summed E-state index contributed by atoms with van der Waals surface area (Å²) in [5.74, 6) is -0.464. The quantitative estimate of drug-likeness (QED) is 0.543. The Hall–Kier alpha value is -2.64. The van der Waals surface area contributed by atoms with E-state index in [9.17, 15) is 17.6 Å². The summed E-state index contributed by atoms with van der Waals surface area (Å²) in [6.45, 7) is 1.01. The lowest BCUT2D eigenvalue weighted by molar-refractivity contribution is 0.107. The molecule has 2 saturated heterocycles. The van der Waals surface area contributed by atoms with Crippen molar-refractivity contribution in [1.29, 1.82) is 5.26 Å². The summed E-state index contributed by atoms with van der Waals surface area (Å²) in [7, 11) is -3.64. The van der Waals surface area contributed by atoms with E-state index in [4.69, 9.17) is 10.00 Å². The number of carbonyl (C=O) groups is 1. The van der Waals surface area contributed by atoms with Crippen molar-refractivity contribution in [1.82, 2.24) is 0 Å². The number of carbonyl (C=O) groups excluding carboxylic acids is 1. The Kier molecular flexibility index (Phi) is 5.86. The molecular formula is C18H20FN3O5S. The maximum atomic E-state index is 14.7. The third kappa shape index (κ3) is 4.79. The van der Waals surface area contributed by atoms with Crippen molar-refractivity contribution < 1.29 is 26.5 Å². The van der Waals surface area contributed by atoms with Gasteiger partial charge in [-0.25, -0.2) is 9.18 Å². The summed E-state index contributed by atoms with van der Waals surface area (Å²) in [5.41, 5.74) is 1.82. The Labute approximate surface area is 162 Å². The Balaban J connectivity index is 1.67. The number of nitriles is 1. The maximum Gasteiger partial charge on any atom is 0.414 e. The molecule has 0 aromatic heterocycles. The van der Waals surface area contributed by atoms with Gasteiger partial charge in [0.1, 0.15) is 18.5 Å². The molecule has 3 rings (SSSR count). The van der Waals surface area contributed by atoms with Crippen LogP contribution in [0.15, 0.2) is 29.8 Å². The van der Waals surface area contributed by atoms with Crippen LogP contribution < -0.4 is 9.80 Å². The van der Waals surface area contributed by atoms with Gasteiger partial charge in [-0.05, 0) is 31.0 Å². The Bertz CT molecular complexity index is 931. The predicted molar refractivity (Wildman–Crippen MR) is 100.0 cm³/mol. The lowest BCUT2D eigenvalue weighted by Gasteiger charge is -2.30. The fourth-order valence-corrected chi connectivity index (χ4v) is 3.61. The minimum Gasteiger partial charge on any atom is -0.441 e. The largest absolute Gasteiger partial charge is 0.441 e. The van der Waals surface area contributed by atoms with Crippen molar-refractivity contribution in [2.75, 3.05) is 42.3 Å². The molecule has 1 aromatic rings. The van der Waals surface area contributed by atoms with Crippen LogP contribution in [0.1, 0.15) is 12.8 Å². The molecule has 150 valence electrons. The molecule has 2 aliphatic rings. The zero-order chi connectivity index (χ0) is 20.3. The molecule has 2 aliphatic heterocycles. The number of amides is 1. The Morgan fingerprint density at radius 3 is 2.71 bits per heavy atom. The van der Waals surface area contributed by atoms with Gasteiger partial charge < -0.3 is 9.64 Å². The van der Waals surface area contributed by atoms with Crippen LogP contribution in [0.3, 0.4) is 0 Å². The van der Waals surface area contributed by atoms with Crippen LogP contribution in [0.2, 0.25) is 0 Å². The van der Waals surface area contributed by atoms with Crippen LogP contribution >= 0.6 is 0 Å². The number of halogens is 1. The molecule has 0 bridgehead atoms. The van der Waals surface area contributed by atoms with Gasteiger partial charge in [-0.1, -0.05) is 5.57 Å².